The van der Waals surface area contributed by atoms with E-state index in [4.69, 9.17) is 26.7 Å². The molecule has 2 atom stereocenters. The molecule has 0 radical (unpaired) electrons. The van der Waals surface area contributed by atoms with Gasteiger partial charge in [-0.15, -0.1) is 0 Å². The molecule has 4 aromatic rings. The molecule has 212 valence electrons. The first-order valence-electron chi connectivity index (χ1n) is 13.5. The molecular weight excluding hydrogens is 534 g/mol. The highest BCUT2D eigenvalue weighted by molar-refractivity contribution is 7.80. The highest BCUT2D eigenvalue weighted by Crippen LogP contribution is 2.45. The van der Waals surface area contributed by atoms with E-state index < -0.39 is 0 Å². The van der Waals surface area contributed by atoms with E-state index in [-0.39, 0.29) is 24.6 Å². The number of ether oxygens (including phenoxy) is 2. The van der Waals surface area contributed by atoms with Crippen molar-refractivity contribution in [2.45, 2.75) is 39.8 Å². The summed E-state index contributed by atoms with van der Waals surface area (Å²) in [6.45, 7) is 8.46. The quantitative estimate of drug-likeness (QED) is 0.257. The number of hydrogen-bond acceptors (Lipinski definition) is 5. The molecule has 5 rings (SSSR count). The number of anilines is 2. The SMILES string of the molecule is COCC(=O)Nc1cc(N2C(=S)N[C@H](c3ccccn3)[C@H]2c2cc(C)n(-c3cc(C)cc(C)c3)c2C)ccc1OC. The van der Waals surface area contributed by atoms with Crippen LogP contribution in [-0.4, -0.2) is 41.4 Å². The molecule has 1 amide bonds. The summed E-state index contributed by atoms with van der Waals surface area (Å²) in [5.41, 5.74) is 9.18. The van der Waals surface area contributed by atoms with Gasteiger partial charge in [-0.25, -0.2) is 0 Å². The fraction of sp³-hybridized carbons (Fsp3) is 0.281. The molecule has 1 fully saturated rings. The zero-order valence-corrected chi connectivity index (χ0v) is 25.0. The fourth-order valence-electron chi connectivity index (χ4n) is 5.77. The van der Waals surface area contributed by atoms with Gasteiger partial charge in [0.15, 0.2) is 5.11 Å². The third-order valence-corrected chi connectivity index (χ3v) is 7.68. The van der Waals surface area contributed by atoms with Gasteiger partial charge in [0.2, 0.25) is 5.91 Å². The van der Waals surface area contributed by atoms with Gasteiger partial charge in [-0.2, -0.15) is 0 Å². The van der Waals surface area contributed by atoms with Gasteiger partial charge < -0.3 is 29.6 Å². The zero-order valence-electron chi connectivity index (χ0n) is 24.2. The van der Waals surface area contributed by atoms with Crippen molar-refractivity contribution in [3.05, 3.63) is 101 Å². The first-order valence-corrected chi connectivity index (χ1v) is 13.9. The number of nitrogens with one attached hydrogen (secondary N) is 2. The van der Waals surface area contributed by atoms with Crippen molar-refractivity contribution in [1.29, 1.82) is 0 Å². The molecule has 8 nitrogen and oxygen atoms in total. The number of hydrogen-bond donors (Lipinski definition) is 2. The number of aryl methyl sites for hydroxylation is 3. The van der Waals surface area contributed by atoms with Gasteiger partial charge in [-0.05, 0) is 105 Å². The maximum absolute atomic E-state index is 12.4. The van der Waals surface area contributed by atoms with E-state index in [1.165, 1.54) is 18.2 Å². The normalized spacial score (nSPS) is 16.5. The Morgan fingerprint density at radius 2 is 1.76 bits per heavy atom. The van der Waals surface area contributed by atoms with E-state index in [0.29, 0.717) is 16.5 Å². The standard InChI is InChI=1S/C32H35N5O3S/c1-19-13-20(2)15-24(14-19)36-21(3)16-25(22(36)4)31-30(26-9-7-8-12-33-26)35-32(41)37(31)23-10-11-28(40-6)27(17-23)34-29(38)18-39-5/h7-17,30-31H,18H2,1-6H3,(H,34,38)(H,35,41)/t30-,31-/m1/s1. The summed E-state index contributed by atoms with van der Waals surface area (Å²) in [5.74, 6) is 0.270. The second-order valence-electron chi connectivity index (χ2n) is 10.4. The summed E-state index contributed by atoms with van der Waals surface area (Å²) >= 11 is 5.96. The Morgan fingerprint density at radius 3 is 2.41 bits per heavy atom. The molecule has 3 heterocycles. The Balaban J connectivity index is 1.66. The van der Waals surface area contributed by atoms with Crippen LogP contribution < -0.4 is 20.3 Å². The van der Waals surface area contributed by atoms with Crippen molar-refractivity contribution in [2.75, 3.05) is 31.0 Å². The van der Waals surface area contributed by atoms with Crippen molar-refractivity contribution in [3.63, 3.8) is 0 Å². The van der Waals surface area contributed by atoms with Crippen LogP contribution in [0.5, 0.6) is 5.75 Å². The topological polar surface area (TPSA) is 80.7 Å². The number of thiocarbonyl (C=S) groups is 1. The van der Waals surface area contributed by atoms with E-state index in [1.807, 2.05) is 36.4 Å². The molecule has 41 heavy (non-hydrogen) atoms. The van der Waals surface area contributed by atoms with E-state index in [9.17, 15) is 4.79 Å². The van der Waals surface area contributed by atoms with Gasteiger partial charge in [0.25, 0.3) is 0 Å². The number of benzene rings is 2. The second-order valence-corrected chi connectivity index (χ2v) is 10.8. The van der Waals surface area contributed by atoms with Gasteiger partial charge in [-0.3, -0.25) is 9.78 Å². The lowest BCUT2D eigenvalue weighted by atomic mass is 9.96. The van der Waals surface area contributed by atoms with Crippen LogP contribution in [0.15, 0.2) is 66.9 Å². The molecule has 0 aliphatic carbocycles. The summed E-state index contributed by atoms with van der Waals surface area (Å²) < 4.78 is 12.9. The number of aromatic nitrogens is 2. The summed E-state index contributed by atoms with van der Waals surface area (Å²) in [5, 5.41) is 7.01. The van der Waals surface area contributed by atoms with Crippen molar-refractivity contribution in [3.8, 4) is 11.4 Å². The Hall–Kier alpha value is -4.21. The van der Waals surface area contributed by atoms with Crippen LogP contribution in [0.3, 0.4) is 0 Å². The molecule has 2 N–H and O–H groups in total. The number of amides is 1. The second kappa shape index (κ2) is 11.7. The number of nitrogens with zero attached hydrogens (tertiary/aromatic N) is 3. The van der Waals surface area contributed by atoms with E-state index in [0.717, 1.165) is 34.0 Å². The summed E-state index contributed by atoms with van der Waals surface area (Å²) in [7, 11) is 3.06. The van der Waals surface area contributed by atoms with Crippen molar-refractivity contribution < 1.29 is 14.3 Å². The van der Waals surface area contributed by atoms with Gasteiger partial charge in [0, 0.05) is 36.1 Å². The smallest absolute Gasteiger partial charge is 0.250 e. The number of carbonyl (C=O) groups excluding carboxylic acids is 1. The molecule has 1 saturated heterocycles. The largest absolute Gasteiger partial charge is 0.495 e. The third-order valence-electron chi connectivity index (χ3n) is 7.36. The predicted molar refractivity (Wildman–Crippen MR) is 166 cm³/mol. The lowest BCUT2D eigenvalue weighted by Crippen LogP contribution is -2.29. The Bertz CT molecular complexity index is 1580. The Labute approximate surface area is 246 Å². The molecule has 1 aliphatic rings. The molecule has 0 saturated carbocycles. The first-order chi connectivity index (χ1) is 19.7. The molecule has 0 unspecified atom stereocenters. The van der Waals surface area contributed by atoms with E-state index in [2.05, 4.69) is 72.1 Å². The van der Waals surface area contributed by atoms with Crippen LogP contribution >= 0.6 is 12.2 Å². The minimum atomic E-state index is -0.273. The fourth-order valence-corrected chi connectivity index (χ4v) is 6.12. The van der Waals surface area contributed by atoms with E-state index >= 15 is 0 Å². The lowest BCUT2D eigenvalue weighted by Gasteiger charge is -2.29. The number of methoxy groups -OCH3 is 2. The average Bonchev–Trinajstić information content (AvgIpc) is 3.43. The average molecular weight is 570 g/mol. The summed E-state index contributed by atoms with van der Waals surface area (Å²) in [6, 6.07) is 20.0. The van der Waals surface area contributed by atoms with Crippen molar-refractivity contribution in [1.82, 2.24) is 14.9 Å². The minimum Gasteiger partial charge on any atom is -0.495 e. The van der Waals surface area contributed by atoms with Crippen LogP contribution in [0.4, 0.5) is 11.4 Å². The molecule has 2 aromatic heterocycles. The highest BCUT2D eigenvalue weighted by Gasteiger charge is 2.42. The third kappa shape index (κ3) is 5.55. The van der Waals surface area contributed by atoms with Gasteiger partial charge >= 0.3 is 0 Å². The summed E-state index contributed by atoms with van der Waals surface area (Å²) in [4.78, 5) is 19.2. The molecule has 2 aromatic carbocycles. The van der Waals surface area contributed by atoms with Gasteiger partial charge in [0.1, 0.15) is 12.4 Å². The molecule has 0 spiro atoms. The minimum absolute atomic E-state index is 0.0636. The van der Waals surface area contributed by atoms with Crippen LogP contribution in [0, 0.1) is 27.7 Å². The van der Waals surface area contributed by atoms with Crippen LogP contribution in [0.2, 0.25) is 0 Å². The monoisotopic (exact) mass is 569 g/mol. The number of rotatable bonds is 8. The van der Waals surface area contributed by atoms with Gasteiger partial charge in [0.05, 0.1) is 30.6 Å². The number of carbonyl (C=O) groups is 1. The first kappa shape index (κ1) is 28.3. The van der Waals surface area contributed by atoms with Crippen LogP contribution in [0.1, 0.15) is 45.9 Å². The zero-order chi connectivity index (χ0) is 29.3. The summed E-state index contributed by atoms with van der Waals surface area (Å²) in [6.07, 6.45) is 1.80. The molecule has 0 bridgehead atoms. The maximum Gasteiger partial charge on any atom is 0.250 e. The van der Waals surface area contributed by atoms with Crippen LogP contribution in [0.25, 0.3) is 5.69 Å². The van der Waals surface area contributed by atoms with Crippen LogP contribution in [-0.2, 0) is 9.53 Å². The molecule has 1 aliphatic heterocycles. The lowest BCUT2D eigenvalue weighted by molar-refractivity contribution is -0.119. The maximum atomic E-state index is 12.4. The van der Waals surface area contributed by atoms with E-state index in [1.54, 1.807) is 13.3 Å². The van der Waals surface area contributed by atoms with Crippen molar-refractivity contribution in [2.24, 2.45) is 0 Å². The number of pyridine rings is 1. The predicted octanol–water partition coefficient (Wildman–Crippen LogP) is 5.88. The van der Waals surface area contributed by atoms with Crippen molar-refractivity contribution >= 4 is 34.6 Å². The van der Waals surface area contributed by atoms with Gasteiger partial charge in [-0.1, -0.05) is 12.1 Å². The molecule has 9 heteroatoms. The Kier molecular flexibility index (Phi) is 8.10. The Morgan fingerprint density at radius 1 is 1.00 bits per heavy atom. The highest BCUT2D eigenvalue weighted by atomic mass is 32.1. The molecular formula is C32H35N5O3S.